The SMILES string of the molecule is C[C@@H](O)[C@@H]1CN(C(=O)OC(C)(C)C)C[C@@H](c2cc(Cl)nc(Br)c2)O1. The fourth-order valence-corrected chi connectivity index (χ4v) is 3.16. The molecule has 6 nitrogen and oxygen atoms in total. The van der Waals surface area contributed by atoms with Crippen LogP contribution in [0, 0.1) is 0 Å². The van der Waals surface area contributed by atoms with Gasteiger partial charge in [-0.1, -0.05) is 11.6 Å². The number of nitrogens with zero attached hydrogens (tertiary/aromatic N) is 2. The van der Waals surface area contributed by atoms with E-state index in [-0.39, 0.29) is 6.54 Å². The zero-order valence-corrected chi connectivity index (χ0v) is 16.5. The molecule has 0 unspecified atom stereocenters. The number of aliphatic hydroxyl groups excluding tert-OH is 1. The van der Waals surface area contributed by atoms with Crippen LogP contribution in [0.5, 0.6) is 0 Å². The summed E-state index contributed by atoms with van der Waals surface area (Å²) in [6.45, 7) is 7.65. The number of hydrogen-bond acceptors (Lipinski definition) is 5. The van der Waals surface area contributed by atoms with Crippen molar-refractivity contribution in [1.82, 2.24) is 9.88 Å². The maximum atomic E-state index is 12.4. The van der Waals surface area contributed by atoms with Crippen LogP contribution in [0.2, 0.25) is 5.15 Å². The zero-order chi connectivity index (χ0) is 18.1. The molecule has 0 aromatic carbocycles. The summed E-state index contributed by atoms with van der Waals surface area (Å²) in [5.74, 6) is 0. The first kappa shape index (κ1) is 19.4. The molecule has 0 radical (unpaired) electrons. The van der Waals surface area contributed by atoms with E-state index < -0.39 is 30.0 Å². The van der Waals surface area contributed by atoms with Crippen molar-refractivity contribution in [1.29, 1.82) is 0 Å². The molecular weight excluding hydrogens is 400 g/mol. The number of halogens is 2. The Bertz CT molecular complexity index is 586. The number of rotatable bonds is 2. The average Bonchev–Trinajstić information content (AvgIpc) is 2.43. The summed E-state index contributed by atoms with van der Waals surface area (Å²) in [5, 5.41) is 10.3. The summed E-state index contributed by atoms with van der Waals surface area (Å²) in [7, 11) is 0. The minimum absolute atomic E-state index is 0.267. The number of carbonyl (C=O) groups excluding carboxylic acids is 1. The quantitative estimate of drug-likeness (QED) is 0.739. The van der Waals surface area contributed by atoms with E-state index in [2.05, 4.69) is 20.9 Å². The lowest BCUT2D eigenvalue weighted by atomic mass is 10.1. The van der Waals surface area contributed by atoms with Crippen molar-refractivity contribution >= 4 is 33.6 Å². The summed E-state index contributed by atoms with van der Waals surface area (Å²) in [5.41, 5.74) is 0.189. The summed E-state index contributed by atoms with van der Waals surface area (Å²) >= 11 is 9.30. The van der Waals surface area contributed by atoms with E-state index in [0.29, 0.717) is 16.3 Å². The van der Waals surface area contributed by atoms with E-state index in [0.717, 1.165) is 5.56 Å². The Hall–Kier alpha value is -0.890. The van der Waals surface area contributed by atoms with Crippen LogP contribution in [0.4, 0.5) is 4.79 Å². The van der Waals surface area contributed by atoms with Gasteiger partial charge in [0.25, 0.3) is 0 Å². The molecule has 0 bridgehead atoms. The summed E-state index contributed by atoms with van der Waals surface area (Å²) in [6.07, 6.45) is -2.09. The van der Waals surface area contributed by atoms with Gasteiger partial charge in [0.2, 0.25) is 0 Å². The Balaban J connectivity index is 2.23. The van der Waals surface area contributed by atoms with Gasteiger partial charge in [-0.05, 0) is 61.3 Å². The van der Waals surface area contributed by atoms with E-state index in [1.807, 2.05) is 20.8 Å². The minimum atomic E-state index is -0.724. The second-order valence-electron chi connectivity index (χ2n) is 6.84. The third-order valence-electron chi connectivity index (χ3n) is 3.47. The largest absolute Gasteiger partial charge is 0.444 e. The van der Waals surface area contributed by atoms with Gasteiger partial charge in [-0.25, -0.2) is 9.78 Å². The number of aliphatic hydroxyl groups is 1. The normalized spacial score (nSPS) is 23.0. The molecule has 0 saturated carbocycles. The lowest BCUT2D eigenvalue weighted by Gasteiger charge is -2.39. The number of ether oxygens (including phenoxy) is 2. The monoisotopic (exact) mass is 420 g/mol. The van der Waals surface area contributed by atoms with Crippen molar-refractivity contribution in [3.63, 3.8) is 0 Å². The van der Waals surface area contributed by atoms with Gasteiger partial charge in [-0.2, -0.15) is 0 Å². The molecule has 2 rings (SSSR count). The molecule has 24 heavy (non-hydrogen) atoms. The van der Waals surface area contributed by atoms with E-state index >= 15 is 0 Å². The number of pyridine rings is 1. The Morgan fingerprint density at radius 2 is 2.17 bits per heavy atom. The lowest BCUT2D eigenvalue weighted by Crippen LogP contribution is -2.51. The third kappa shape index (κ3) is 5.31. The molecular formula is C16H22BrClN2O4. The first-order chi connectivity index (χ1) is 11.0. The zero-order valence-electron chi connectivity index (χ0n) is 14.1. The molecule has 1 aliphatic rings. The van der Waals surface area contributed by atoms with E-state index in [1.54, 1.807) is 24.0 Å². The second kappa shape index (κ2) is 7.56. The van der Waals surface area contributed by atoms with Gasteiger partial charge in [0.05, 0.1) is 19.2 Å². The molecule has 1 N–H and O–H groups in total. The molecule has 8 heteroatoms. The standard InChI is InChI=1S/C16H22BrClN2O4/c1-9(21)11-7-20(15(22)24-16(2,3)4)8-12(23-11)10-5-13(17)19-14(18)6-10/h5-6,9,11-12,21H,7-8H2,1-4H3/t9-,11+,12+/m1/s1. The predicted octanol–water partition coefficient (Wildman–Crippen LogP) is 3.56. The van der Waals surface area contributed by atoms with Gasteiger partial charge >= 0.3 is 6.09 Å². The first-order valence-corrected chi connectivity index (χ1v) is 8.86. The van der Waals surface area contributed by atoms with Crippen LogP contribution in [-0.2, 0) is 9.47 Å². The molecule has 1 aromatic rings. The van der Waals surface area contributed by atoms with Crippen molar-refractivity contribution in [2.24, 2.45) is 0 Å². The number of aromatic nitrogens is 1. The Morgan fingerprint density at radius 3 is 2.71 bits per heavy atom. The predicted molar refractivity (Wildman–Crippen MR) is 94.0 cm³/mol. The number of amides is 1. The van der Waals surface area contributed by atoms with Gasteiger partial charge < -0.3 is 19.5 Å². The molecule has 2 heterocycles. The molecule has 1 amide bonds. The van der Waals surface area contributed by atoms with Crippen LogP contribution in [0.15, 0.2) is 16.7 Å². The number of carbonyl (C=O) groups is 1. The van der Waals surface area contributed by atoms with E-state index in [1.165, 1.54) is 0 Å². The van der Waals surface area contributed by atoms with Crippen LogP contribution in [0.1, 0.15) is 39.4 Å². The van der Waals surface area contributed by atoms with Crippen LogP contribution < -0.4 is 0 Å². The fraction of sp³-hybridized carbons (Fsp3) is 0.625. The van der Waals surface area contributed by atoms with Gasteiger partial charge in [0.15, 0.2) is 0 Å². The number of morpholine rings is 1. The Morgan fingerprint density at radius 1 is 1.50 bits per heavy atom. The molecule has 1 aromatic heterocycles. The van der Waals surface area contributed by atoms with Crippen molar-refractivity contribution in [2.45, 2.75) is 51.6 Å². The highest BCUT2D eigenvalue weighted by molar-refractivity contribution is 9.10. The Labute approximate surface area is 155 Å². The maximum absolute atomic E-state index is 12.4. The molecule has 3 atom stereocenters. The molecule has 1 fully saturated rings. The van der Waals surface area contributed by atoms with Crippen LogP contribution in [-0.4, -0.2) is 52.0 Å². The van der Waals surface area contributed by atoms with Gasteiger partial charge in [0.1, 0.15) is 27.6 Å². The van der Waals surface area contributed by atoms with Crippen molar-refractivity contribution in [3.8, 4) is 0 Å². The molecule has 1 aliphatic heterocycles. The van der Waals surface area contributed by atoms with Gasteiger partial charge in [0, 0.05) is 0 Å². The van der Waals surface area contributed by atoms with E-state index in [9.17, 15) is 9.90 Å². The third-order valence-corrected chi connectivity index (χ3v) is 4.07. The highest BCUT2D eigenvalue weighted by Crippen LogP contribution is 2.30. The van der Waals surface area contributed by atoms with Gasteiger partial charge in [-0.15, -0.1) is 0 Å². The number of hydrogen-bond donors (Lipinski definition) is 1. The second-order valence-corrected chi connectivity index (χ2v) is 8.03. The topological polar surface area (TPSA) is 71.9 Å². The highest BCUT2D eigenvalue weighted by atomic mass is 79.9. The van der Waals surface area contributed by atoms with Crippen molar-refractivity contribution in [2.75, 3.05) is 13.1 Å². The molecule has 0 aliphatic carbocycles. The lowest BCUT2D eigenvalue weighted by molar-refractivity contribution is -0.126. The Kier molecular flexibility index (Phi) is 6.12. The van der Waals surface area contributed by atoms with Crippen molar-refractivity contribution < 1.29 is 19.4 Å². The van der Waals surface area contributed by atoms with Crippen LogP contribution in [0.25, 0.3) is 0 Å². The smallest absolute Gasteiger partial charge is 0.410 e. The summed E-state index contributed by atoms with van der Waals surface area (Å²) in [6, 6.07) is 3.48. The molecule has 134 valence electrons. The van der Waals surface area contributed by atoms with Crippen molar-refractivity contribution in [3.05, 3.63) is 27.5 Å². The molecule has 1 saturated heterocycles. The maximum Gasteiger partial charge on any atom is 0.410 e. The molecule has 0 spiro atoms. The first-order valence-electron chi connectivity index (χ1n) is 7.69. The van der Waals surface area contributed by atoms with Crippen LogP contribution >= 0.6 is 27.5 Å². The summed E-state index contributed by atoms with van der Waals surface area (Å²) < 4.78 is 12.0. The minimum Gasteiger partial charge on any atom is -0.444 e. The highest BCUT2D eigenvalue weighted by Gasteiger charge is 2.35. The average molecular weight is 422 g/mol. The van der Waals surface area contributed by atoms with Gasteiger partial charge in [-0.3, -0.25) is 0 Å². The van der Waals surface area contributed by atoms with Crippen LogP contribution in [0.3, 0.4) is 0 Å². The fourth-order valence-electron chi connectivity index (χ4n) is 2.38. The van der Waals surface area contributed by atoms with E-state index in [4.69, 9.17) is 21.1 Å². The summed E-state index contributed by atoms with van der Waals surface area (Å²) in [4.78, 5) is 18.0.